The van der Waals surface area contributed by atoms with E-state index in [1.165, 1.54) is 0 Å². The molecule has 0 aliphatic rings. The summed E-state index contributed by atoms with van der Waals surface area (Å²) in [6, 6.07) is 11.9. The number of aromatic nitrogens is 2. The molecule has 0 atom stereocenters. The van der Waals surface area contributed by atoms with Crippen molar-refractivity contribution in [1.29, 1.82) is 0 Å². The van der Waals surface area contributed by atoms with Gasteiger partial charge in [-0.2, -0.15) is 5.10 Å². The first-order valence-corrected chi connectivity index (χ1v) is 6.88. The van der Waals surface area contributed by atoms with Crippen LogP contribution in [0.3, 0.4) is 0 Å². The summed E-state index contributed by atoms with van der Waals surface area (Å²) in [4.78, 5) is 10.9. The van der Waals surface area contributed by atoms with Crippen molar-refractivity contribution in [2.24, 2.45) is 0 Å². The van der Waals surface area contributed by atoms with Crippen molar-refractivity contribution in [2.75, 3.05) is 0 Å². The van der Waals surface area contributed by atoms with Crippen molar-refractivity contribution in [3.05, 3.63) is 59.9 Å². The van der Waals surface area contributed by atoms with Crippen LogP contribution in [-0.2, 0) is 11.2 Å². The van der Waals surface area contributed by atoms with Crippen LogP contribution in [0.5, 0.6) is 0 Å². The molecule has 0 aliphatic heterocycles. The van der Waals surface area contributed by atoms with Crippen molar-refractivity contribution in [2.45, 2.75) is 13.3 Å². The Morgan fingerprint density at radius 3 is 2.68 bits per heavy atom. The number of rotatable bonds is 3. The third-order valence-electron chi connectivity index (χ3n) is 3.43. The summed E-state index contributed by atoms with van der Waals surface area (Å²) in [6.07, 6.45) is 3.42. The Labute approximate surface area is 128 Å². The summed E-state index contributed by atoms with van der Waals surface area (Å²) in [5, 5.41) is 13.1. The first-order chi connectivity index (χ1) is 10.7. The highest BCUT2D eigenvalue weighted by Crippen LogP contribution is 2.23. The molecule has 22 heavy (non-hydrogen) atoms. The van der Waals surface area contributed by atoms with E-state index in [1.807, 2.05) is 49.5 Å². The summed E-state index contributed by atoms with van der Waals surface area (Å²) in [6.45, 7) is 1.81. The molecule has 4 heteroatoms. The van der Waals surface area contributed by atoms with Gasteiger partial charge in [0.25, 0.3) is 0 Å². The number of carboxylic acid groups (broad SMARTS) is 1. The van der Waals surface area contributed by atoms with Gasteiger partial charge in [-0.3, -0.25) is 4.79 Å². The fourth-order valence-corrected chi connectivity index (χ4v) is 2.40. The summed E-state index contributed by atoms with van der Waals surface area (Å²) in [7, 11) is 0. The molecule has 0 radical (unpaired) electrons. The Kier molecular flexibility index (Phi) is 3.63. The van der Waals surface area contributed by atoms with Crippen LogP contribution in [0.15, 0.2) is 48.8 Å². The van der Waals surface area contributed by atoms with Crippen LogP contribution in [0.4, 0.5) is 0 Å². The maximum atomic E-state index is 10.9. The van der Waals surface area contributed by atoms with Gasteiger partial charge in [-0.25, -0.2) is 4.52 Å². The van der Waals surface area contributed by atoms with E-state index < -0.39 is 5.97 Å². The molecule has 4 nitrogen and oxygen atoms in total. The monoisotopic (exact) mass is 290 g/mol. The average Bonchev–Trinajstić information content (AvgIpc) is 2.90. The van der Waals surface area contributed by atoms with Crippen molar-refractivity contribution < 1.29 is 9.90 Å². The second kappa shape index (κ2) is 5.74. The van der Waals surface area contributed by atoms with Crippen LogP contribution in [-0.4, -0.2) is 20.7 Å². The summed E-state index contributed by atoms with van der Waals surface area (Å²) >= 11 is 0. The molecule has 0 aliphatic carbocycles. The van der Waals surface area contributed by atoms with E-state index in [1.54, 1.807) is 10.7 Å². The number of carboxylic acids is 1. The lowest BCUT2D eigenvalue weighted by molar-refractivity contribution is -0.136. The van der Waals surface area contributed by atoms with Gasteiger partial charge in [-0.1, -0.05) is 18.1 Å². The molecular weight excluding hydrogens is 276 g/mol. The second-order valence-corrected chi connectivity index (χ2v) is 4.94. The minimum atomic E-state index is -0.859. The quantitative estimate of drug-likeness (QED) is 0.754. The first kappa shape index (κ1) is 13.9. The maximum absolute atomic E-state index is 10.9. The van der Waals surface area contributed by atoms with Crippen molar-refractivity contribution >= 4 is 11.5 Å². The molecule has 0 saturated heterocycles. The lowest BCUT2D eigenvalue weighted by Gasteiger charge is -2.04. The number of hydrogen-bond acceptors (Lipinski definition) is 2. The van der Waals surface area contributed by atoms with E-state index in [4.69, 9.17) is 5.11 Å². The minimum absolute atomic E-state index is 0.0298. The minimum Gasteiger partial charge on any atom is -0.481 e. The molecule has 0 amide bonds. The van der Waals surface area contributed by atoms with Crippen LogP contribution in [0.1, 0.15) is 18.1 Å². The van der Waals surface area contributed by atoms with Gasteiger partial charge in [0.1, 0.15) is 0 Å². The van der Waals surface area contributed by atoms with Crippen molar-refractivity contribution in [1.82, 2.24) is 9.61 Å². The van der Waals surface area contributed by atoms with Crippen LogP contribution in [0.25, 0.3) is 16.6 Å². The largest absolute Gasteiger partial charge is 0.481 e. The van der Waals surface area contributed by atoms with E-state index in [9.17, 15) is 4.79 Å². The van der Waals surface area contributed by atoms with Gasteiger partial charge in [-0.05, 0) is 42.3 Å². The Balaban J connectivity index is 2.02. The maximum Gasteiger partial charge on any atom is 0.307 e. The van der Waals surface area contributed by atoms with Gasteiger partial charge in [0.15, 0.2) is 0 Å². The number of carbonyl (C=O) groups is 1. The normalized spacial score (nSPS) is 10.2. The number of benzene rings is 1. The predicted octanol–water partition coefficient (Wildman–Crippen LogP) is 3.00. The number of aliphatic carboxylic acids is 1. The third kappa shape index (κ3) is 2.70. The highest BCUT2D eigenvalue weighted by Gasteiger charge is 2.09. The Morgan fingerprint density at radius 1 is 1.23 bits per heavy atom. The van der Waals surface area contributed by atoms with Crippen LogP contribution in [0, 0.1) is 11.8 Å². The van der Waals surface area contributed by atoms with E-state index in [0.29, 0.717) is 5.56 Å². The lowest BCUT2D eigenvalue weighted by Crippen LogP contribution is -1.99. The SMILES string of the molecule is CC#Cc1ccc(-c2ccn3ncc(CC(=O)O)c3c2)cc1. The number of fused-ring (bicyclic) bond motifs is 1. The number of pyridine rings is 1. The fourth-order valence-electron chi connectivity index (χ4n) is 2.40. The third-order valence-corrected chi connectivity index (χ3v) is 3.43. The molecule has 3 aromatic rings. The lowest BCUT2D eigenvalue weighted by atomic mass is 10.0. The zero-order chi connectivity index (χ0) is 15.5. The van der Waals surface area contributed by atoms with Crippen molar-refractivity contribution in [3.63, 3.8) is 0 Å². The van der Waals surface area contributed by atoms with Gasteiger partial charge in [0, 0.05) is 17.3 Å². The van der Waals surface area contributed by atoms with Crippen molar-refractivity contribution in [3.8, 4) is 23.0 Å². The summed E-state index contributed by atoms with van der Waals surface area (Å²) in [5.74, 6) is 5.03. The Morgan fingerprint density at radius 2 is 2.00 bits per heavy atom. The number of hydrogen-bond donors (Lipinski definition) is 1. The molecular formula is C18H14N2O2. The van der Waals surface area contributed by atoms with Gasteiger partial charge in [0.2, 0.25) is 0 Å². The molecule has 1 aromatic carbocycles. The van der Waals surface area contributed by atoms with E-state index >= 15 is 0 Å². The van der Waals surface area contributed by atoms with Gasteiger partial charge in [-0.15, -0.1) is 5.92 Å². The molecule has 2 heterocycles. The molecule has 0 bridgehead atoms. The Bertz CT molecular complexity index is 896. The molecule has 0 unspecified atom stereocenters. The highest BCUT2D eigenvalue weighted by atomic mass is 16.4. The topological polar surface area (TPSA) is 54.6 Å². The van der Waals surface area contributed by atoms with E-state index in [0.717, 1.165) is 22.2 Å². The van der Waals surface area contributed by atoms with Gasteiger partial charge >= 0.3 is 5.97 Å². The fraction of sp³-hybridized carbons (Fsp3) is 0.111. The van der Waals surface area contributed by atoms with E-state index in [-0.39, 0.29) is 6.42 Å². The molecule has 3 rings (SSSR count). The summed E-state index contributed by atoms with van der Waals surface area (Å²) < 4.78 is 1.69. The molecule has 108 valence electrons. The predicted molar refractivity (Wildman–Crippen MR) is 84.5 cm³/mol. The Hall–Kier alpha value is -3.06. The average molecular weight is 290 g/mol. The zero-order valence-electron chi connectivity index (χ0n) is 12.1. The number of nitrogens with zero attached hydrogens (tertiary/aromatic N) is 2. The standard InChI is InChI=1S/C18H14N2O2/c1-2-3-13-4-6-14(7-5-13)15-8-9-20-17(10-15)16(12-19-20)11-18(21)22/h4-10,12H,11H2,1H3,(H,21,22). The van der Waals surface area contributed by atoms with Crippen LogP contribution in [0.2, 0.25) is 0 Å². The molecule has 1 N–H and O–H groups in total. The van der Waals surface area contributed by atoms with Gasteiger partial charge in [0.05, 0.1) is 18.1 Å². The van der Waals surface area contributed by atoms with Gasteiger partial charge < -0.3 is 5.11 Å². The first-order valence-electron chi connectivity index (χ1n) is 6.88. The molecule has 0 fully saturated rings. The smallest absolute Gasteiger partial charge is 0.307 e. The molecule has 2 aromatic heterocycles. The second-order valence-electron chi connectivity index (χ2n) is 4.94. The van der Waals surface area contributed by atoms with Crippen LogP contribution < -0.4 is 0 Å². The highest BCUT2D eigenvalue weighted by molar-refractivity contribution is 5.76. The molecule has 0 saturated carbocycles. The zero-order valence-corrected chi connectivity index (χ0v) is 12.1. The summed E-state index contributed by atoms with van der Waals surface area (Å²) in [5.41, 5.74) is 4.59. The van der Waals surface area contributed by atoms with Crippen LogP contribution >= 0.6 is 0 Å². The van der Waals surface area contributed by atoms with E-state index in [2.05, 4.69) is 16.9 Å². The molecule has 0 spiro atoms.